The molecule has 0 amide bonds. The van der Waals surface area contributed by atoms with E-state index in [-0.39, 0.29) is 67.6 Å². The van der Waals surface area contributed by atoms with Gasteiger partial charge >= 0.3 is 17.9 Å². The Morgan fingerprint density at radius 3 is 2.09 bits per heavy atom. The van der Waals surface area contributed by atoms with Crippen LogP contribution in [0.25, 0.3) is 0 Å². The summed E-state index contributed by atoms with van der Waals surface area (Å²) >= 11 is 0. The summed E-state index contributed by atoms with van der Waals surface area (Å²) in [5.41, 5.74) is 1.66. The van der Waals surface area contributed by atoms with Crippen LogP contribution in [0.15, 0.2) is 60.7 Å². The topological polar surface area (TPSA) is 146 Å². The highest BCUT2D eigenvalue weighted by atomic mass is 31.2. The molecule has 0 bridgehead atoms. The van der Waals surface area contributed by atoms with Crippen LogP contribution in [-0.2, 0) is 50.9 Å². The van der Waals surface area contributed by atoms with Crippen LogP contribution in [0.4, 0.5) is 0 Å². The second-order valence-electron chi connectivity index (χ2n) is 18.3. The lowest BCUT2D eigenvalue weighted by Gasteiger charge is -2.62. The molecule has 0 saturated heterocycles. The minimum Gasteiger partial charge on any atom is -0.461 e. The third-order valence-corrected chi connectivity index (χ3v) is 16.7. The van der Waals surface area contributed by atoms with Gasteiger partial charge < -0.3 is 28.9 Å². The molecule has 0 heterocycles. The number of carbonyl (C=O) groups is 3. The molecule has 0 aromatic heterocycles. The Labute approximate surface area is 339 Å². The second-order valence-corrected chi connectivity index (χ2v) is 21.0. The van der Waals surface area contributed by atoms with Crippen molar-refractivity contribution in [2.24, 2.45) is 52.3 Å². The smallest absolute Gasteiger partial charge is 0.309 e. The van der Waals surface area contributed by atoms with Gasteiger partial charge in [-0.15, -0.1) is 0 Å². The van der Waals surface area contributed by atoms with Crippen molar-refractivity contribution in [3.8, 4) is 0 Å². The summed E-state index contributed by atoms with van der Waals surface area (Å²) in [6, 6.07) is 18.6. The molecule has 4 saturated carbocycles. The minimum atomic E-state index is -3.26. The molecule has 4 aliphatic rings. The summed E-state index contributed by atoms with van der Waals surface area (Å²) in [6.07, 6.45) is 8.13. The predicted octanol–water partition coefficient (Wildman–Crippen LogP) is 8.70. The largest absolute Gasteiger partial charge is 0.461 e. The van der Waals surface area contributed by atoms with E-state index in [1.807, 2.05) is 60.7 Å². The first-order chi connectivity index (χ1) is 27.2. The van der Waals surface area contributed by atoms with Crippen LogP contribution in [0, 0.1) is 52.3 Å². The van der Waals surface area contributed by atoms with E-state index in [2.05, 4.69) is 20.8 Å². The Kier molecular flexibility index (Phi) is 14.4. The first-order valence-electron chi connectivity index (χ1n) is 21.3. The standard InChI is InChI=1S/C46H65O10P/c1-31(38-19-20-39-37-18-17-35-25-36(47)23-24-45(35,2)40(37)26-41(48)46(38,39)3)15-21-42(49)54-30-55-43(50)22-16-34(44(51)53-27-32-11-7-5-8-12-32)29-57(4,52)56-28-33-13-9-6-10-14-33/h5-14,31,34-41,47-48H,15-30H2,1-4H3/t31-,34?,35-,36-,37?,38?,39?,40?,41+,45+,46-,57?/m1/s1. The number of aliphatic hydroxyl groups is 2. The summed E-state index contributed by atoms with van der Waals surface area (Å²) in [4.78, 5) is 38.8. The molecule has 0 aliphatic heterocycles. The highest BCUT2D eigenvalue weighted by molar-refractivity contribution is 7.58. The number of carbonyl (C=O) groups excluding carboxylic acids is 3. The van der Waals surface area contributed by atoms with Gasteiger partial charge in [0.2, 0.25) is 14.2 Å². The fourth-order valence-corrected chi connectivity index (χ4v) is 13.3. The summed E-state index contributed by atoms with van der Waals surface area (Å²) in [5, 5.41) is 22.3. The molecule has 2 aromatic rings. The van der Waals surface area contributed by atoms with Crippen molar-refractivity contribution in [3.05, 3.63) is 71.8 Å². The molecule has 12 atom stereocenters. The lowest BCUT2D eigenvalue weighted by molar-refractivity contribution is -0.175. The van der Waals surface area contributed by atoms with Crippen LogP contribution in [-0.4, -0.2) is 59.9 Å². The monoisotopic (exact) mass is 808 g/mol. The van der Waals surface area contributed by atoms with Gasteiger partial charge in [-0.05, 0) is 122 Å². The molecule has 0 radical (unpaired) electrons. The third-order valence-electron chi connectivity index (χ3n) is 14.9. The molecule has 314 valence electrons. The Balaban J connectivity index is 0.949. The number of aliphatic hydroxyl groups excluding tert-OH is 2. The molecule has 4 fully saturated rings. The fraction of sp³-hybridized carbons (Fsp3) is 0.674. The first kappa shape index (κ1) is 43.5. The summed E-state index contributed by atoms with van der Waals surface area (Å²) in [7, 11) is -3.26. The van der Waals surface area contributed by atoms with Gasteiger partial charge in [-0.3, -0.25) is 18.9 Å². The van der Waals surface area contributed by atoms with Crippen LogP contribution < -0.4 is 0 Å². The summed E-state index contributed by atoms with van der Waals surface area (Å²) < 4.78 is 35.3. The van der Waals surface area contributed by atoms with Crippen molar-refractivity contribution >= 4 is 25.3 Å². The zero-order valence-corrected chi connectivity index (χ0v) is 35.3. The Hall–Kier alpha value is -3.04. The Morgan fingerprint density at radius 2 is 1.42 bits per heavy atom. The van der Waals surface area contributed by atoms with Crippen LogP contribution in [0.2, 0.25) is 0 Å². The molecule has 4 aliphatic carbocycles. The molecule has 2 N–H and O–H groups in total. The first-order valence-corrected chi connectivity index (χ1v) is 23.6. The van der Waals surface area contributed by atoms with Crippen molar-refractivity contribution in [2.45, 2.75) is 123 Å². The molecular weight excluding hydrogens is 743 g/mol. The van der Waals surface area contributed by atoms with Crippen molar-refractivity contribution in [2.75, 3.05) is 19.6 Å². The predicted molar refractivity (Wildman–Crippen MR) is 217 cm³/mol. The number of esters is 3. The van der Waals surface area contributed by atoms with Gasteiger partial charge in [-0.1, -0.05) is 81.4 Å². The highest BCUT2D eigenvalue weighted by Gasteiger charge is 2.63. The van der Waals surface area contributed by atoms with Gasteiger partial charge in [0, 0.05) is 25.7 Å². The van der Waals surface area contributed by atoms with E-state index in [1.54, 1.807) is 0 Å². The maximum atomic E-state index is 13.5. The van der Waals surface area contributed by atoms with E-state index in [4.69, 9.17) is 18.7 Å². The van der Waals surface area contributed by atoms with Crippen molar-refractivity contribution in [3.63, 3.8) is 0 Å². The molecular formula is C46H65O10P. The maximum Gasteiger partial charge on any atom is 0.309 e. The van der Waals surface area contributed by atoms with Gasteiger partial charge in [0.05, 0.1) is 24.7 Å². The normalized spacial score (nSPS) is 32.7. The average molecular weight is 809 g/mol. The highest BCUT2D eigenvalue weighted by Crippen LogP contribution is 2.68. The Morgan fingerprint density at radius 1 is 0.789 bits per heavy atom. The van der Waals surface area contributed by atoms with Crippen LogP contribution >= 0.6 is 7.37 Å². The number of benzene rings is 2. The molecule has 2 aromatic carbocycles. The lowest BCUT2D eigenvalue weighted by atomic mass is 9.43. The lowest BCUT2D eigenvalue weighted by Crippen LogP contribution is -2.58. The van der Waals surface area contributed by atoms with Crippen molar-refractivity contribution in [1.29, 1.82) is 0 Å². The van der Waals surface area contributed by atoms with E-state index < -0.39 is 38.0 Å². The van der Waals surface area contributed by atoms with Crippen LogP contribution in [0.1, 0.15) is 109 Å². The van der Waals surface area contributed by atoms with Gasteiger partial charge in [-0.2, -0.15) is 0 Å². The van der Waals surface area contributed by atoms with E-state index >= 15 is 0 Å². The van der Waals surface area contributed by atoms with E-state index in [0.29, 0.717) is 36.0 Å². The van der Waals surface area contributed by atoms with Crippen LogP contribution in [0.5, 0.6) is 0 Å². The molecule has 11 heteroatoms. The Bertz CT molecular complexity index is 1700. The van der Waals surface area contributed by atoms with Gasteiger partial charge in [0.1, 0.15) is 6.61 Å². The zero-order valence-electron chi connectivity index (χ0n) is 34.4. The quantitative estimate of drug-likeness (QED) is 0.0905. The summed E-state index contributed by atoms with van der Waals surface area (Å²) in [5.74, 6) is 0.0688. The number of ether oxygens (including phenoxy) is 3. The maximum absolute atomic E-state index is 13.5. The summed E-state index contributed by atoms with van der Waals surface area (Å²) in [6.45, 7) is 8.06. The number of fused-ring (bicyclic) bond motifs is 5. The molecule has 6 rings (SSSR count). The zero-order chi connectivity index (χ0) is 40.8. The number of rotatable bonds is 17. The minimum absolute atomic E-state index is 0.0298. The van der Waals surface area contributed by atoms with Crippen molar-refractivity contribution < 1.29 is 47.9 Å². The average Bonchev–Trinajstić information content (AvgIpc) is 3.57. The molecule has 10 nitrogen and oxygen atoms in total. The molecule has 0 spiro atoms. The third kappa shape index (κ3) is 10.4. The van der Waals surface area contributed by atoms with E-state index in [1.165, 1.54) is 19.5 Å². The van der Waals surface area contributed by atoms with Crippen molar-refractivity contribution in [1.82, 2.24) is 0 Å². The molecule has 57 heavy (non-hydrogen) atoms. The van der Waals surface area contributed by atoms with E-state index in [0.717, 1.165) is 49.7 Å². The van der Waals surface area contributed by atoms with Gasteiger partial charge in [-0.25, -0.2) is 0 Å². The number of hydrogen-bond acceptors (Lipinski definition) is 10. The second kappa shape index (κ2) is 18.9. The fourth-order valence-electron chi connectivity index (χ4n) is 11.7. The van der Waals surface area contributed by atoms with Gasteiger partial charge in [0.15, 0.2) is 0 Å². The van der Waals surface area contributed by atoms with E-state index in [9.17, 15) is 29.2 Å². The van der Waals surface area contributed by atoms with Gasteiger partial charge in [0.25, 0.3) is 0 Å². The van der Waals surface area contributed by atoms with Crippen LogP contribution in [0.3, 0.4) is 0 Å². The SMILES string of the molecule is C[C@H](CCC(=O)OCOC(=O)CCC(CP(C)(=O)OCc1ccccc1)C(=O)OCc1ccccc1)C1CCC2C3CC[C@@H]4C[C@H](O)CC[C@]4(C)C3C[C@H](O)[C@@]21C. The molecule has 6 unspecified atom stereocenters. The number of hydrogen-bond donors (Lipinski definition) is 2.